The molecule has 23 heavy (non-hydrogen) atoms. The molecule has 0 unspecified atom stereocenters. The number of benzene rings is 1. The van der Waals surface area contributed by atoms with Crippen molar-refractivity contribution in [3.8, 4) is 0 Å². The van der Waals surface area contributed by atoms with Gasteiger partial charge in [0, 0.05) is 13.2 Å². The van der Waals surface area contributed by atoms with Gasteiger partial charge in [0.15, 0.2) is 0 Å². The second-order valence-electron chi connectivity index (χ2n) is 5.29. The first kappa shape index (κ1) is 18.0. The molecule has 126 valence electrons. The number of carbonyl (C=O) groups excluding carboxylic acids is 1. The van der Waals surface area contributed by atoms with E-state index in [1.54, 1.807) is 18.2 Å². The van der Waals surface area contributed by atoms with E-state index in [1.165, 1.54) is 0 Å². The molecule has 1 aromatic carbocycles. The number of aliphatic carboxylic acids is 1. The number of carboxylic acids is 1. The number of amides is 1. The zero-order chi connectivity index (χ0) is 16.8. The molecule has 3 N–H and O–H groups in total. The second kappa shape index (κ2) is 8.49. The SMILES string of the molecule is O=C(C[C@H](NC[C@H]1CCCO1)C(=O)O)Nc1cccc(Cl)c1Cl. The highest BCUT2D eigenvalue weighted by atomic mass is 35.5. The third-order valence-electron chi connectivity index (χ3n) is 3.53. The van der Waals surface area contributed by atoms with Crippen LogP contribution in [-0.2, 0) is 14.3 Å². The van der Waals surface area contributed by atoms with Gasteiger partial charge in [0.25, 0.3) is 0 Å². The molecule has 1 heterocycles. The van der Waals surface area contributed by atoms with Crippen molar-refractivity contribution in [1.29, 1.82) is 0 Å². The molecule has 6 nitrogen and oxygen atoms in total. The zero-order valence-corrected chi connectivity index (χ0v) is 13.9. The Morgan fingerprint density at radius 1 is 1.39 bits per heavy atom. The van der Waals surface area contributed by atoms with Gasteiger partial charge in [-0.25, -0.2) is 0 Å². The van der Waals surface area contributed by atoms with Gasteiger partial charge in [-0.15, -0.1) is 0 Å². The first-order valence-electron chi connectivity index (χ1n) is 7.29. The van der Waals surface area contributed by atoms with Crippen molar-refractivity contribution >= 4 is 40.8 Å². The standard InChI is InChI=1S/C15H18Cl2N2O4/c16-10-4-1-5-11(14(10)17)19-13(20)7-12(15(21)22)18-8-9-3-2-6-23-9/h1,4-5,9,12,18H,2-3,6-8H2,(H,19,20)(H,21,22)/t9-,12+/m1/s1. The Hall–Kier alpha value is -1.34. The highest BCUT2D eigenvalue weighted by Crippen LogP contribution is 2.29. The largest absolute Gasteiger partial charge is 0.480 e. The van der Waals surface area contributed by atoms with Crippen LogP contribution in [0.1, 0.15) is 19.3 Å². The fraction of sp³-hybridized carbons (Fsp3) is 0.467. The number of hydrogen-bond donors (Lipinski definition) is 3. The molecule has 1 aliphatic rings. The van der Waals surface area contributed by atoms with Crippen molar-refractivity contribution in [3.63, 3.8) is 0 Å². The number of hydrogen-bond acceptors (Lipinski definition) is 4. The van der Waals surface area contributed by atoms with Crippen LogP contribution in [0.3, 0.4) is 0 Å². The lowest BCUT2D eigenvalue weighted by Crippen LogP contribution is -2.43. The Balaban J connectivity index is 1.89. The molecule has 1 amide bonds. The minimum atomic E-state index is -1.09. The highest BCUT2D eigenvalue weighted by molar-refractivity contribution is 6.43. The van der Waals surface area contributed by atoms with E-state index < -0.39 is 17.9 Å². The fourth-order valence-corrected chi connectivity index (χ4v) is 2.66. The predicted molar refractivity (Wildman–Crippen MR) is 88.1 cm³/mol. The van der Waals surface area contributed by atoms with E-state index in [0.29, 0.717) is 23.9 Å². The molecule has 0 spiro atoms. The van der Waals surface area contributed by atoms with Gasteiger partial charge in [-0.3, -0.25) is 9.59 Å². The molecular formula is C15H18Cl2N2O4. The quantitative estimate of drug-likeness (QED) is 0.695. The Morgan fingerprint density at radius 3 is 2.83 bits per heavy atom. The van der Waals surface area contributed by atoms with Crippen LogP contribution in [0.25, 0.3) is 0 Å². The molecule has 2 atom stereocenters. The number of halogens is 2. The van der Waals surface area contributed by atoms with Gasteiger partial charge in [-0.2, -0.15) is 0 Å². The van der Waals surface area contributed by atoms with Crippen LogP contribution in [0.2, 0.25) is 10.0 Å². The summed E-state index contributed by atoms with van der Waals surface area (Å²) in [4.78, 5) is 23.3. The summed E-state index contributed by atoms with van der Waals surface area (Å²) in [6.45, 7) is 1.10. The fourth-order valence-electron chi connectivity index (χ4n) is 2.31. The third-order valence-corrected chi connectivity index (χ3v) is 4.35. The Labute approximate surface area is 144 Å². The summed E-state index contributed by atoms with van der Waals surface area (Å²) >= 11 is 11.9. The summed E-state index contributed by atoms with van der Waals surface area (Å²) in [5.41, 5.74) is 0.354. The molecule has 1 aromatic rings. The van der Waals surface area contributed by atoms with Crippen molar-refractivity contribution < 1.29 is 19.4 Å². The van der Waals surface area contributed by atoms with Crippen molar-refractivity contribution in [3.05, 3.63) is 28.2 Å². The number of rotatable bonds is 7. The van der Waals surface area contributed by atoms with Gasteiger partial charge in [-0.1, -0.05) is 29.3 Å². The summed E-state index contributed by atoms with van der Waals surface area (Å²) in [7, 11) is 0. The Bertz CT molecular complexity index is 577. The maximum absolute atomic E-state index is 12.0. The van der Waals surface area contributed by atoms with Gasteiger partial charge < -0.3 is 20.5 Å². The van der Waals surface area contributed by atoms with Crippen molar-refractivity contribution in [2.75, 3.05) is 18.5 Å². The molecule has 8 heteroatoms. The summed E-state index contributed by atoms with van der Waals surface area (Å²) < 4.78 is 5.42. The third kappa shape index (κ3) is 5.35. The first-order valence-corrected chi connectivity index (χ1v) is 8.04. The van der Waals surface area contributed by atoms with Crippen LogP contribution in [0.4, 0.5) is 5.69 Å². The summed E-state index contributed by atoms with van der Waals surface area (Å²) in [5.74, 6) is -1.54. The van der Waals surface area contributed by atoms with E-state index in [4.69, 9.17) is 27.9 Å². The van der Waals surface area contributed by atoms with Crippen LogP contribution in [0, 0.1) is 0 Å². The van der Waals surface area contributed by atoms with Gasteiger partial charge in [0.05, 0.1) is 28.3 Å². The molecule has 0 aliphatic carbocycles. The summed E-state index contributed by atoms with van der Waals surface area (Å²) in [6, 6.07) is 3.86. The molecule has 1 saturated heterocycles. The van der Waals surface area contributed by atoms with E-state index in [9.17, 15) is 14.7 Å². The van der Waals surface area contributed by atoms with Crippen molar-refractivity contribution in [2.24, 2.45) is 0 Å². The average Bonchev–Trinajstić information content (AvgIpc) is 3.01. The van der Waals surface area contributed by atoms with E-state index in [0.717, 1.165) is 12.8 Å². The van der Waals surface area contributed by atoms with E-state index in [1.807, 2.05) is 0 Å². The Kier molecular flexibility index (Phi) is 6.65. The van der Waals surface area contributed by atoms with Gasteiger partial charge in [-0.05, 0) is 25.0 Å². The minimum absolute atomic E-state index is 0.00212. The van der Waals surface area contributed by atoms with Crippen LogP contribution in [0.15, 0.2) is 18.2 Å². The zero-order valence-electron chi connectivity index (χ0n) is 12.4. The van der Waals surface area contributed by atoms with E-state index in [2.05, 4.69) is 10.6 Å². The minimum Gasteiger partial charge on any atom is -0.480 e. The lowest BCUT2D eigenvalue weighted by molar-refractivity contribution is -0.141. The lowest BCUT2D eigenvalue weighted by Gasteiger charge is -2.17. The summed E-state index contributed by atoms with van der Waals surface area (Å²) in [5, 5.41) is 15.2. The molecule has 0 radical (unpaired) electrons. The molecule has 1 fully saturated rings. The highest BCUT2D eigenvalue weighted by Gasteiger charge is 2.24. The first-order chi connectivity index (χ1) is 11.0. The average molecular weight is 361 g/mol. The molecular weight excluding hydrogens is 343 g/mol. The van der Waals surface area contributed by atoms with Gasteiger partial charge in [0.1, 0.15) is 6.04 Å². The summed E-state index contributed by atoms with van der Waals surface area (Å²) in [6.07, 6.45) is 1.65. The molecule has 1 aliphatic heterocycles. The topological polar surface area (TPSA) is 87.7 Å². The van der Waals surface area contributed by atoms with Crippen LogP contribution in [0.5, 0.6) is 0 Å². The van der Waals surface area contributed by atoms with Gasteiger partial charge in [0.2, 0.25) is 5.91 Å². The number of ether oxygens (including phenoxy) is 1. The van der Waals surface area contributed by atoms with Crippen LogP contribution >= 0.6 is 23.2 Å². The van der Waals surface area contributed by atoms with E-state index in [-0.39, 0.29) is 17.5 Å². The molecule has 0 bridgehead atoms. The van der Waals surface area contributed by atoms with Crippen molar-refractivity contribution in [1.82, 2.24) is 5.32 Å². The molecule has 0 saturated carbocycles. The second-order valence-corrected chi connectivity index (χ2v) is 6.07. The van der Waals surface area contributed by atoms with Crippen LogP contribution in [-0.4, -0.2) is 42.3 Å². The maximum Gasteiger partial charge on any atom is 0.321 e. The monoisotopic (exact) mass is 360 g/mol. The number of carboxylic acid groups (broad SMARTS) is 1. The number of nitrogens with one attached hydrogen (secondary N) is 2. The number of carbonyl (C=O) groups is 2. The lowest BCUT2D eigenvalue weighted by atomic mass is 10.1. The Morgan fingerprint density at radius 2 is 2.17 bits per heavy atom. The molecule has 0 aromatic heterocycles. The van der Waals surface area contributed by atoms with Crippen molar-refractivity contribution in [2.45, 2.75) is 31.4 Å². The smallest absolute Gasteiger partial charge is 0.321 e. The molecule has 2 rings (SSSR count). The van der Waals surface area contributed by atoms with Crippen LogP contribution < -0.4 is 10.6 Å². The van der Waals surface area contributed by atoms with Gasteiger partial charge >= 0.3 is 5.97 Å². The maximum atomic E-state index is 12.0. The van der Waals surface area contributed by atoms with E-state index >= 15 is 0 Å². The number of anilines is 1. The normalized spacial score (nSPS) is 18.6. The predicted octanol–water partition coefficient (Wildman–Crippen LogP) is 2.54.